The molecule has 4 heteroatoms. The second-order valence-corrected chi connectivity index (χ2v) is 11.6. The highest BCUT2D eigenvalue weighted by molar-refractivity contribution is 5.69. The molecule has 0 spiro atoms. The van der Waals surface area contributed by atoms with E-state index in [2.05, 4.69) is 26.8 Å². The van der Waals surface area contributed by atoms with E-state index in [0.29, 0.717) is 29.6 Å². The van der Waals surface area contributed by atoms with Gasteiger partial charge >= 0.3 is 11.9 Å². The summed E-state index contributed by atoms with van der Waals surface area (Å²) in [6.07, 6.45) is 13.8. The lowest BCUT2D eigenvalue weighted by atomic mass is 9.48. The summed E-state index contributed by atoms with van der Waals surface area (Å²) in [6.45, 7) is 8.95. The third-order valence-electron chi connectivity index (χ3n) is 10.1. The molecule has 0 aromatic rings. The molecule has 3 unspecified atom stereocenters. The number of hydrogen-bond donors (Lipinski definition) is 0. The summed E-state index contributed by atoms with van der Waals surface area (Å²) in [7, 11) is 1.49. The number of methoxy groups -OCH3 is 1. The Balaban J connectivity index is 1.50. The lowest BCUT2D eigenvalue weighted by Crippen LogP contribution is -2.49. The van der Waals surface area contributed by atoms with E-state index in [1.807, 2.05) is 0 Å². The molecule has 0 aromatic heterocycles. The topological polar surface area (TPSA) is 52.6 Å². The van der Waals surface area contributed by atoms with Gasteiger partial charge in [0.05, 0.1) is 7.11 Å². The van der Waals surface area contributed by atoms with Crippen molar-refractivity contribution in [2.75, 3.05) is 7.11 Å². The van der Waals surface area contributed by atoms with Crippen molar-refractivity contribution in [1.82, 2.24) is 0 Å². The maximum Gasteiger partial charge on any atom is 0.305 e. The number of rotatable bonds is 5. The number of allylic oxidation sites excluding steroid dienone is 2. The van der Waals surface area contributed by atoms with Gasteiger partial charge in [-0.25, -0.2) is 0 Å². The highest BCUT2D eigenvalue weighted by Gasteiger charge is 2.57. The van der Waals surface area contributed by atoms with Gasteiger partial charge in [-0.1, -0.05) is 32.4 Å². The molecule has 0 aromatic carbocycles. The van der Waals surface area contributed by atoms with E-state index in [1.165, 1.54) is 46.1 Å². The predicted octanol–water partition coefficient (Wildman–Crippen LogP) is 6.09. The van der Waals surface area contributed by atoms with Gasteiger partial charge in [0, 0.05) is 13.3 Å². The van der Waals surface area contributed by atoms with Crippen LogP contribution in [0.1, 0.15) is 91.9 Å². The minimum absolute atomic E-state index is 0.0759. The molecular weight excluding hydrogens is 388 g/mol. The average molecular weight is 431 g/mol. The number of ether oxygens (including phenoxy) is 2. The quantitative estimate of drug-likeness (QED) is 0.391. The molecule has 3 saturated carbocycles. The summed E-state index contributed by atoms with van der Waals surface area (Å²) in [6, 6.07) is 0. The normalized spacial score (nSPS) is 42.5. The van der Waals surface area contributed by atoms with Crippen LogP contribution in [-0.4, -0.2) is 25.2 Å². The van der Waals surface area contributed by atoms with E-state index < -0.39 is 0 Å². The Bertz CT molecular complexity index is 742. The fourth-order valence-electron chi connectivity index (χ4n) is 8.45. The van der Waals surface area contributed by atoms with E-state index in [4.69, 9.17) is 9.47 Å². The Labute approximate surface area is 188 Å². The number of carbonyl (C=O) groups excluding carboxylic acids is 2. The maximum atomic E-state index is 11.7. The van der Waals surface area contributed by atoms with Crippen LogP contribution >= 0.6 is 0 Å². The van der Waals surface area contributed by atoms with Crippen LogP contribution < -0.4 is 0 Å². The molecule has 0 amide bonds. The van der Waals surface area contributed by atoms with Crippen molar-refractivity contribution in [3.8, 4) is 0 Å². The second-order valence-electron chi connectivity index (χ2n) is 11.6. The zero-order valence-corrected chi connectivity index (χ0v) is 20.2. The van der Waals surface area contributed by atoms with Crippen molar-refractivity contribution in [3.63, 3.8) is 0 Å². The summed E-state index contributed by atoms with van der Waals surface area (Å²) in [5.41, 5.74) is 2.40. The van der Waals surface area contributed by atoms with Gasteiger partial charge in [-0.05, 0) is 98.2 Å². The summed E-state index contributed by atoms with van der Waals surface area (Å²) in [4.78, 5) is 23.1. The summed E-state index contributed by atoms with van der Waals surface area (Å²) in [5.74, 6) is 3.21. The Morgan fingerprint density at radius 2 is 1.94 bits per heavy atom. The molecule has 0 saturated heterocycles. The van der Waals surface area contributed by atoms with Crippen molar-refractivity contribution in [2.24, 2.45) is 40.4 Å². The molecule has 0 radical (unpaired) electrons. The van der Waals surface area contributed by atoms with Gasteiger partial charge in [-0.3, -0.25) is 9.59 Å². The molecule has 31 heavy (non-hydrogen) atoms. The Morgan fingerprint density at radius 3 is 2.65 bits per heavy atom. The molecule has 0 N–H and O–H groups in total. The van der Waals surface area contributed by atoms with Crippen LogP contribution in [0.25, 0.3) is 0 Å². The van der Waals surface area contributed by atoms with Crippen molar-refractivity contribution in [3.05, 3.63) is 11.6 Å². The first-order valence-corrected chi connectivity index (χ1v) is 12.6. The SMILES string of the molecule is COC(=O)CC[C@@H](C)C1CCC2C3CC[C@@H]4C[C@@H](OC(C)=O)CC[C@]4(C)C3=CC[C@@]21C. The standard InChI is InChI=1S/C27H42O4/c1-17(6-11-25(29)30-5)22-9-10-23-21-8-7-19-16-20(31-18(2)28)12-14-26(19,3)24(21)13-15-27(22,23)4/h13,17,19-23H,6-12,14-16H2,1-5H3/t17-,19-,20+,21?,22?,23?,26+,27-/m1/s1. The Morgan fingerprint density at radius 1 is 1.16 bits per heavy atom. The Kier molecular flexibility index (Phi) is 6.31. The predicted molar refractivity (Wildman–Crippen MR) is 121 cm³/mol. The van der Waals surface area contributed by atoms with Crippen molar-refractivity contribution >= 4 is 11.9 Å². The van der Waals surface area contributed by atoms with Gasteiger partial charge in [0.15, 0.2) is 0 Å². The minimum Gasteiger partial charge on any atom is -0.469 e. The van der Waals surface area contributed by atoms with Gasteiger partial charge in [0.2, 0.25) is 0 Å². The van der Waals surface area contributed by atoms with E-state index in [0.717, 1.165) is 37.5 Å². The van der Waals surface area contributed by atoms with E-state index in [1.54, 1.807) is 5.57 Å². The van der Waals surface area contributed by atoms with Gasteiger partial charge < -0.3 is 9.47 Å². The number of hydrogen-bond acceptors (Lipinski definition) is 4. The summed E-state index contributed by atoms with van der Waals surface area (Å²) < 4.78 is 10.5. The third-order valence-corrected chi connectivity index (χ3v) is 10.1. The summed E-state index contributed by atoms with van der Waals surface area (Å²) >= 11 is 0. The fourth-order valence-corrected chi connectivity index (χ4v) is 8.45. The first-order chi connectivity index (χ1) is 14.7. The third kappa shape index (κ3) is 3.97. The molecule has 8 atom stereocenters. The number of fused-ring (bicyclic) bond motifs is 5. The van der Waals surface area contributed by atoms with Crippen LogP contribution in [0.5, 0.6) is 0 Å². The second kappa shape index (κ2) is 8.56. The van der Waals surface area contributed by atoms with E-state index >= 15 is 0 Å². The molecule has 0 heterocycles. The van der Waals surface area contributed by atoms with Crippen LogP contribution in [-0.2, 0) is 19.1 Å². The molecule has 3 fully saturated rings. The van der Waals surface area contributed by atoms with Crippen LogP contribution in [0.4, 0.5) is 0 Å². The largest absolute Gasteiger partial charge is 0.469 e. The zero-order chi connectivity index (χ0) is 22.4. The molecule has 4 rings (SSSR count). The maximum absolute atomic E-state index is 11.7. The molecule has 174 valence electrons. The molecule has 4 nitrogen and oxygen atoms in total. The highest BCUT2D eigenvalue weighted by atomic mass is 16.5. The van der Waals surface area contributed by atoms with Crippen molar-refractivity contribution < 1.29 is 19.1 Å². The highest BCUT2D eigenvalue weighted by Crippen LogP contribution is 2.66. The van der Waals surface area contributed by atoms with E-state index in [-0.39, 0.29) is 23.5 Å². The van der Waals surface area contributed by atoms with Gasteiger partial charge in [-0.15, -0.1) is 0 Å². The summed E-state index contributed by atoms with van der Waals surface area (Å²) in [5, 5.41) is 0. The van der Waals surface area contributed by atoms with Crippen molar-refractivity contribution in [1.29, 1.82) is 0 Å². The van der Waals surface area contributed by atoms with Crippen LogP contribution in [0.3, 0.4) is 0 Å². The monoisotopic (exact) mass is 430 g/mol. The van der Waals surface area contributed by atoms with Crippen LogP contribution in [0.2, 0.25) is 0 Å². The smallest absolute Gasteiger partial charge is 0.305 e. The molecule has 4 aliphatic carbocycles. The average Bonchev–Trinajstić information content (AvgIpc) is 3.09. The number of esters is 2. The van der Waals surface area contributed by atoms with Gasteiger partial charge in [0.1, 0.15) is 6.10 Å². The molecule has 4 aliphatic rings. The molecular formula is C27H42O4. The van der Waals surface area contributed by atoms with Crippen LogP contribution in [0, 0.1) is 40.4 Å². The van der Waals surface area contributed by atoms with Gasteiger partial charge in [0.25, 0.3) is 0 Å². The lowest BCUT2D eigenvalue weighted by Gasteiger charge is -2.57. The van der Waals surface area contributed by atoms with Crippen LogP contribution in [0.15, 0.2) is 11.6 Å². The zero-order valence-electron chi connectivity index (χ0n) is 20.2. The first kappa shape index (κ1) is 22.9. The van der Waals surface area contributed by atoms with Crippen molar-refractivity contribution in [2.45, 2.75) is 98.0 Å². The Hall–Kier alpha value is -1.32. The fraction of sp³-hybridized carbons (Fsp3) is 0.852. The molecule has 0 bridgehead atoms. The molecule has 0 aliphatic heterocycles. The van der Waals surface area contributed by atoms with Gasteiger partial charge in [-0.2, -0.15) is 0 Å². The lowest BCUT2D eigenvalue weighted by molar-refractivity contribution is -0.151. The number of carbonyl (C=O) groups is 2. The minimum atomic E-state index is -0.131. The first-order valence-electron chi connectivity index (χ1n) is 12.6. The van der Waals surface area contributed by atoms with E-state index in [9.17, 15) is 9.59 Å².